The first-order chi connectivity index (χ1) is 16.5. The van der Waals surface area contributed by atoms with Crippen molar-refractivity contribution < 1.29 is 23.1 Å². The number of benzene rings is 3. The molecule has 2 unspecified atom stereocenters. The van der Waals surface area contributed by atoms with Gasteiger partial charge in [0.2, 0.25) is 14.7 Å². The summed E-state index contributed by atoms with van der Waals surface area (Å²) in [5.74, 6) is -2.02. The second-order valence-electron chi connectivity index (χ2n) is 9.31. The van der Waals surface area contributed by atoms with Crippen LogP contribution in [-0.2, 0) is 25.8 Å². The number of likely N-dealkylation sites (tertiary alicyclic amines) is 1. The van der Waals surface area contributed by atoms with Crippen molar-refractivity contribution in [3.63, 3.8) is 0 Å². The van der Waals surface area contributed by atoms with Crippen LogP contribution >= 0.6 is 0 Å². The van der Waals surface area contributed by atoms with Crippen molar-refractivity contribution >= 4 is 38.2 Å². The highest BCUT2D eigenvalue weighted by molar-refractivity contribution is 7.93. The third-order valence-corrected chi connectivity index (χ3v) is 8.85. The quantitative estimate of drug-likeness (QED) is 0.446. The minimum atomic E-state index is -4.46. The van der Waals surface area contributed by atoms with Crippen LogP contribution in [0.2, 0.25) is 0 Å². The van der Waals surface area contributed by atoms with E-state index < -0.39 is 32.6 Å². The lowest BCUT2D eigenvalue weighted by Gasteiger charge is -2.41. The number of sulfone groups is 1. The molecule has 1 aliphatic rings. The third-order valence-electron chi connectivity index (χ3n) is 6.70. The average molecular weight is 496 g/mol. The van der Waals surface area contributed by atoms with Crippen molar-refractivity contribution in [3.05, 3.63) is 72.3 Å². The van der Waals surface area contributed by atoms with Crippen molar-refractivity contribution in [2.45, 2.75) is 42.0 Å². The number of nitrogen functional groups attached to an aromatic ring is 1. The zero-order valence-electron chi connectivity index (χ0n) is 19.4. The Balaban J connectivity index is 1.84. The van der Waals surface area contributed by atoms with Gasteiger partial charge in [-0.2, -0.15) is 0 Å². The molecule has 5 N–H and O–H groups in total. The molecule has 3 aromatic carbocycles. The molecule has 1 saturated heterocycles. The number of nitrogens with zero attached hydrogens (tertiary/aromatic N) is 1. The van der Waals surface area contributed by atoms with Crippen molar-refractivity contribution in [3.8, 4) is 0 Å². The van der Waals surface area contributed by atoms with Gasteiger partial charge in [0.1, 0.15) is 6.04 Å². The lowest BCUT2D eigenvalue weighted by atomic mass is 9.91. The number of aliphatic carboxylic acids is 1. The fraction of sp³-hybridized carbons (Fsp3) is 0.308. The van der Waals surface area contributed by atoms with Crippen LogP contribution in [0.5, 0.6) is 0 Å². The summed E-state index contributed by atoms with van der Waals surface area (Å²) >= 11 is 0. The second kappa shape index (κ2) is 9.31. The van der Waals surface area contributed by atoms with E-state index in [0.717, 1.165) is 10.3 Å². The number of carboxylic acids is 1. The number of fused-ring (bicyclic) bond motifs is 1. The molecule has 35 heavy (non-hydrogen) atoms. The molecule has 4 rings (SSSR count). The van der Waals surface area contributed by atoms with Crippen LogP contribution in [0.3, 0.4) is 0 Å². The van der Waals surface area contributed by atoms with E-state index >= 15 is 0 Å². The first-order valence-electron chi connectivity index (χ1n) is 11.4. The number of carbonyl (C=O) groups is 2. The number of rotatable bonds is 6. The SMILES string of the molecule is CC1CCN(C(=O)[C@@](N)(Cc2cccc(N)c2)S(=O)(=O)c2ccc3ccccc3c2)C(C(=O)O)C1. The summed E-state index contributed by atoms with van der Waals surface area (Å²) in [4.78, 5) is 24.5. The predicted octanol–water partition coefficient (Wildman–Crippen LogP) is 2.81. The molecule has 1 fully saturated rings. The zero-order valence-corrected chi connectivity index (χ0v) is 20.2. The highest BCUT2D eigenvalue weighted by atomic mass is 32.2. The van der Waals surface area contributed by atoms with E-state index in [1.807, 2.05) is 19.1 Å². The van der Waals surface area contributed by atoms with Gasteiger partial charge in [0.25, 0.3) is 5.91 Å². The molecule has 0 spiro atoms. The summed E-state index contributed by atoms with van der Waals surface area (Å²) in [6.45, 7) is 2.02. The Bertz CT molecular complexity index is 1390. The number of piperidine rings is 1. The van der Waals surface area contributed by atoms with Gasteiger partial charge in [0.15, 0.2) is 0 Å². The van der Waals surface area contributed by atoms with E-state index in [2.05, 4.69) is 0 Å². The van der Waals surface area contributed by atoms with Gasteiger partial charge in [0.05, 0.1) is 4.90 Å². The molecule has 3 atom stereocenters. The Morgan fingerprint density at radius 1 is 1.06 bits per heavy atom. The van der Waals surface area contributed by atoms with E-state index in [1.165, 1.54) is 12.1 Å². The van der Waals surface area contributed by atoms with E-state index in [-0.39, 0.29) is 30.2 Å². The van der Waals surface area contributed by atoms with Crippen LogP contribution in [0.1, 0.15) is 25.3 Å². The summed E-state index contributed by atoms with van der Waals surface area (Å²) in [6.07, 6.45) is 0.426. The van der Waals surface area contributed by atoms with Crippen molar-refractivity contribution in [2.75, 3.05) is 12.3 Å². The summed E-state index contributed by atoms with van der Waals surface area (Å²) in [5, 5.41) is 11.3. The fourth-order valence-electron chi connectivity index (χ4n) is 4.70. The van der Waals surface area contributed by atoms with Gasteiger partial charge in [-0.15, -0.1) is 0 Å². The molecule has 184 valence electrons. The molecular formula is C26H29N3O5S. The van der Waals surface area contributed by atoms with Gasteiger partial charge >= 0.3 is 5.97 Å². The van der Waals surface area contributed by atoms with E-state index in [4.69, 9.17) is 11.5 Å². The van der Waals surface area contributed by atoms with Gasteiger partial charge in [-0.25, -0.2) is 13.2 Å². The van der Waals surface area contributed by atoms with Crippen LogP contribution in [0.25, 0.3) is 10.8 Å². The highest BCUT2D eigenvalue weighted by Gasteiger charge is 2.52. The largest absolute Gasteiger partial charge is 0.480 e. The van der Waals surface area contributed by atoms with Gasteiger partial charge in [-0.1, -0.05) is 49.4 Å². The van der Waals surface area contributed by atoms with Gasteiger partial charge in [-0.3, -0.25) is 4.79 Å². The van der Waals surface area contributed by atoms with E-state index in [0.29, 0.717) is 23.1 Å². The Morgan fingerprint density at radius 2 is 1.77 bits per heavy atom. The highest BCUT2D eigenvalue weighted by Crippen LogP contribution is 2.33. The molecule has 0 radical (unpaired) electrons. The maximum Gasteiger partial charge on any atom is 0.326 e. The fourth-order valence-corrected chi connectivity index (χ4v) is 6.35. The number of nitrogens with two attached hydrogens (primary N) is 2. The van der Waals surface area contributed by atoms with Crippen LogP contribution in [0, 0.1) is 5.92 Å². The molecule has 3 aromatic rings. The summed E-state index contributed by atoms with van der Waals surface area (Å²) < 4.78 is 28.1. The Morgan fingerprint density at radius 3 is 2.46 bits per heavy atom. The standard InChI is InChI=1S/C26H29N3O5S/c1-17-11-12-29(23(13-17)24(30)31)25(32)26(28,16-18-5-4-8-21(27)14-18)35(33,34)22-10-9-19-6-2-3-7-20(19)15-22/h2-10,14-15,17,23H,11-13,16,27-28H2,1H3,(H,30,31)/t17?,23?,26-/m1/s1. The number of carbonyl (C=O) groups excluding carboxylic acids is 1. The van der Waals surface area contributed by atoms with E-state index in [1.54, 1.807) is 42.5 Å². The molecule has 0 aromatic heterocycles. The molecule has 8 nitrogen and oxygen atoms in total. The average Bonchev–Trinajstić information content (AvgIpc) is 2.83. The first kappa shape index (κ1) is 24.7. The third kappa shape index (κ3) is 4.61. The molecule has 1 heterocycles. The van der Waals surface area contributed by atoms with Crippen molar-refractivity contribution in [2.24, 2.45) is 11.7 Å². The van der Waals surface area contributed by atoms with Crippen LogP contribution < -0.4 is 11.5 Å². The number of carboxylic acid groups (broad SMARTS) is 1. The maximum atomic E-state index is 14.1. The minimum absolute atomic E-state index is 0.0818. The van der Waals surface area contributed by atoms with Crippen LogP contribution in [0.15, 0.2) is 71.6 Å². The Hall–Kier alpha value is -3.43. The van der Waals surface area contributed by atoms with Crippen molar-refractivity contribution in [1.29, 1.82) is 0 Å². The maximum absolute atomic E-state index is 14.1. The topological polar surface area (TPSA) is 144 Å². The molecule has 0 bridgehead atoms. The number of anilines is 1. The van der Waals surface area contributed by atoms with Gasteiger partial charge < -0.3 is 21.5 Å². The zero-order chi connectivity index (χ0) is 25.4. The molecule has 0 saturated carbocycles. The molecular weight excluding hydrogens is 466 g/mol. The lowest BCUT2D eigenvalue weighted by Crippen LogP contribution is -2.65. The van der Waals surface area contributed by atoms with Gasteiger partial charge in [-0.05, 0) is 59.4 Å². The number of hydrogen-bond donors (Lipinski definition) is 3. The van der Waals surface area contributed by atoms with Gasteiger partial charge in [0, 0.05) is 18.7 Å². The normalized spacial score (nSPS) is 20.3. The Kier molecular flexibility index (Phi) is 6.57. The number of hydrogen-bond acceptors (Lipinski definition) is 6. The Labute approximate surface area is 204 Å². The minimum Gasteiger partial charge on any atom is -0.480 e. The van der Waals surface area contributed by atoms with E-state index in [9.17, 15) is 23.1 Å². The molecule has 9 heteroatoms. The number of amides is 1. The monoisotopic (exact) mass is 495 g/mol. The van der Waals surface area contributed by atoms with Crippen LogP contribution in [0.4, 0.5) is 5.69 Å². The summed E-state index contributed by atoms with van der Waals surface area (Å²) in [6, 6.07) is 17.2. The molecule has 1 amide bonds. The van der Waals surface area contributed by atoms with Crippen LogP contribution in [-0.4, -0.2) is 47.8 Å². The summed E-state index contributed by atoms with van der Waals surface area (Å²) in [5.41, 5.74) is 13.3. The molecule has 1 aliphatic heterocycles. The molecule has 0 aliphatic carbocycles. The van der Waals surface area contributed by atoms with Crippen molar-refractivity contribution in [1.82, 2.24) is 4.90 Å². The second-order valence-corrected chi connectivity index (χ2v) is 11.5. The first-order valence-corrected chi connectivity index (χ1v) is 12.9. The smallest absolute Gasteiger partial charge is 0.326 e. The predicted molar refractivity (Wildman–Crippen MR) is 134 cm³/mol. The summed E-state index contributed by atoms with van der Waals surface area (Å²) in [7, 11) is -4.46. The lowest BCUT2D eigenvalue weighted by molar-refractivity contribution is -0.154.